The first-order valence-electron chi connectivity index (χ1n) is 12.8. The van der Waals surface area contributed by atoms with Crippen LogP contribution in [0.4, 0.5) is 0 Å². The first-order valence-corrected chi connectivity index (χ1v) is 15.8. The Bertz CT molecular complexity index is 672. The maximum atomic E-state index is 12.3. The number of benzene rings is 1. The fourth-order valence-electron chi connectivity index (χ4n) is 3.91. The molecule has 0 amide bonds. The highest BCUT2D eigenvalue weighted by Gasteiger charge is 2.16. The van der Waals surface area contributed by atoms with Crippen LogP contribution < -0.4 is 0 Å². The molecule has 1 aromatic carbocycles. The summed E-state index contributed by atoms with van der Waals surface area (Å²) in [5, 5.41) is 0. The molecule has 0 aliphatic rings. The van der Waals surface area contributed by atoms with Crippen LogP contribution in [-0.2, 0) is 14.3 Å². The molecular weight excluding hydrogens is 552 g/mol. The zero-order chi connectivity index (χ0) is 23.5. The lowest BCUT2D eigenvalue weighted by Gasteiger charge is -2.07. The summed E-state index contributed by atoms with van der Waals surface area (Å²) >= 11 is 6.63. The molecular formula is C26H44Br2O3S. The van der Waals surface area contributed by atoms with Crippen molar-refractivity contribution in [2.24, 2.45) is 0 Å². The SMILES string of the molecule is CCCCCCCCCCCCCCCCCCCCOS(=O)(=O)c1cc(Br)cc(Br)c1. The first kappa shape index (κ1) is 30.1. The van der Waals surface area contributed by atoms with Crippen LogP contribution in [0.1, 0.15) is 122 Å². The van der Waals surface area contributed by atoms with Gasteiger partial charge >= 0.3 is 0 Å². The smallest absolute Gasteiger partial charge is 0.266 e. The van der Waals surface area contributed by atoms with E-state index in [1.54, 1.807) is 18.2 Å². The summed E-state index contributed by atoms with van der Waals surface area (Å²) in [4.78, 5) is 0.182. The largest absolute Gasteiger partial charge is 0.297 e. The van der Waals surface area contributed by atoms with Crippen molar-refractivity contribution in [2.45, 2.75) is 127 Å². The zero-order valence-electron chi connectivity index (χ0n) is 20.1. The molecule has 6 heteroatoms. The van der Waals surface area contributed by atoms with Crippen molar-refractivity contribution < 1.29 is 12.6 Å². The van der Waals surface area contributed by atoms with Gasteiger partial charge in [0.1, 0.15) is 0 Å². The molecule has 0 aliphatic heterocycles. The van der Waals surface area contributed by atoms with E-state index < -0.39 is 10.1 Å². The minimum atomic E-state index is -3.69. The zero-order valence-corrected chi connectivity index (χ0v) is 24.0. The van der Waals surface area contributed by atoms with Gasteiger partial charge in [0.15, 0.2) is 0 Å². The molecule has 186 valence electrons. The van der Waals surface area contributed by atoms with Crippen LogP contribution >= 0.6 is 31.9 Å². The Labute approximate surface area is 214 Å². The molecule has 0 saturated carbocycles. The van der Waals surface area contributed by atoms with E-state index in [2.05, 4.69) is 38.8 Å². The van der Waals surface area contributed by atoms with E-state index in [1.165, 1.54) is 96.3 Å². The molecule has 0 fully saturated rings. The molecule has 0 bridgehead atoms. The Morgan fingerprint density at radius 1 is 0.594 bits per heavy atom. The normalized spacial score (nSPS) is 11.8. The lowest BCUT2D eigenvalue weighted by atomic mass is 10.0. The molecule has 1 aromatic rings. The molecule has 0 heterocycles. The summed E-state index contributed by atoms with van der Waals surface area (Å²) in [5.74, 6) is 0. The summed E-state index contributed by atoms with van der Waals surface area (Å²) in [6, 6.07) is 4.93. The Kier molecular flexibility index (Phi) is 18.3. The summed E-state index contributed by atoms with van der Waals surface area (Å²) in [7, 11) is -3.69. The standard InChI is InChI=1S/C26H44Br2O3S/c1-2-3-4-5-6-7-8-9-10-11-12-13-14-15-16-17-18-19-20-31-32(29,30)26-22-24(27)21-25(28)23-26/h21-23H,2-20H2,1H3. The minimum Gasteiger partial charge on any atom is -0.266 e. The number of hydrogen-bond acceptors (Lipinski definition) is 3. The third-order valence-electron chi connectivity index (χ3n) is 5.86. The molecule has 0 atom stereocenters. The number of rotatable bonds is 21. The maximum absolute atomic E-state index is 12.3. The van der Waals surface area contributed by atoms with Gasteiger partial charge in [-0.3, -0.25) is 4.18 Å². The van der Waals surface area contributed by atoms with E-state index >= 15 is 0 Å². The van der Waals surface area contributed by atoms with Crippen LogP contribution in [0.2, 0.25) is 0 Å². The second kappa shape index (κ2) is 19.4. The van der Waals surface area contributed by atoms with E-state index in [9.17, 15) is 8.42 Å². The second-order valence-corrected chi connectivity index (χ2v) is 12.3. The summed E-state index contributed by atoms with van der Waals surface area (Å²) in [6.45, 7) is 2.53. The summed E-state index contributed by atoms with van der Waals surface area (Å²) in [5.41, 5.74) is 0. The van der Waals surface area contributed by atoms with E-state index in [0.29, 0.717) is 8.95 Å². The van der Waals surface area contributed by atoms with E-state index in [4.69, 9.17) is 4.18 Å². The Balaban J connectivity index is 1.87. The third-order valence-corrected chi connectivity index (χ3v) is 8.07. The van der Waals surface area contributed by atoms with Crippen molar-refractivity contribution >= 4 is 42.0 Å². The highest BCUT2D eigenvalue weighted by molar-refractivity contribution is 9.11. The second-order valence-electron chi connectivity index (χ2n) is 8.89. The highest BCUT2D eigenvalue weighted by Crippen LogP contribution is 2.24. The van der Waals surface area contributed by atoms with Gasteiger partial charge in [-0.15, -0.1) is 0 Å². The van der Waals surface area contributed by atoms with Gasteiger partial charge in [-0.1, -0.05) is 148 Å². The third kappa shape index (κ3) is 15.8. The minimum absolute atomic E-state index is 0.182. The van der Waals surface area contributed by atoms with Crippen molar-refractivity contribution in [3.05, 3.63) is 27.1 Å². The van der Waals surface area contributed by atoms with Gasteiger partial charge in [-0.05, 0) is 24.6 Å². The Morgan fingerprint density at radius 3 is 1.31 bits per heavy atom. The fourth-order valence-corrected chi connectivity index (χ4v) is 6.53. The maximum Gasteiger partial charge on any atom is 0.297 e. The van der Waals surface area contributed by atoms with Gasteiger partial charge in [0.05, 0.1) is 11.5 Å². The lowest BCUT2D eigenvalue weighted by molar-refractivity contribution is 0.306. The number of halogens is 2. The van der Waals surface area contributed by atoms with Crippen LogP contribution in [0.25, 0.3) is 0 Å². The predicted octanol–water partition coefficient (Wildman–Crippen LogP) is 9.96. The van der Waals surface area contributed by atoms with Crippen LogP contribution in [0.15, 0.2) is 32.0 Å². The molecule has 0 saturated heterocycles. The number of hydrogen-bond donors (Lipinski definition) is 0. The van der Waals surface area contributed by atoms with Gasteiger partial charge in [-0.25, -0.2) is 0 Å². The fraction of sp³-hybridized carbons (Fsp3) is 0.769. The van der Waals surface area contributed by atoms with Gasteiger partial charge < -0.3 is 0 Å². The van der Waals surface area contributed by atoms with Crippen molar-refractivity contribution in [1.29, 1.82) is 0 Å². The summed E-state index contributed by atoms with van der Waals surface area (Å²) in [6.07, 6.45) is 23.7. The molecule has 0 aromatic heterocycles. The summed E-state index contributed by atoms with van der Waals surface area (Å²) < 4.78 is 31.1. The van der Waals surface area contributed by atoms with Crippen LogP contribution in [0.3, 0.4) is 0 Å². The average molecular weight is 597 g/mol. The Hall–Kier alpha value is 0.0900. The first-order chi connectivity index (χ1) is 15.5. The van der Waals surface area contributed by atoms with Gasteiger partial charge in [-0.2, -0.15) is 8.42 Å². The van der Waals surface area contributed by atoms with Crippen LogP contribution in [0, 0.1) is 0 Å². The molecule has 0 aliphatic carbocycles. The van der Waals surface area contributed by atoms with Crippen LogP contribution in [-0.4, -0.2) is 15.0 Å². The topological polar surface area (TPSA) is 43.4 Å². The van der Waals surface area contributed by atoms with Gasteiger partial charge in [0.2, 0.25) is 0 Å². The van der Waals surface area contributed by atoms with Crippen molar-refractivity contribution in [3.63, 3.8) is 0 Å². The molecule has 32 heavy (non-hydrogen) atoms. The highest BCUT2D eigenvalue weighted by atomic mass is 79.9. The van der Waals surface area contributed by atoms with Crippen LogP contribution in [0.5, 0.6) is 0 Å². The monoisotopic (exact) mass is 594 g/mol. The van der Waals surface area contributed by atoms with E-state index in [0.717, 1.165) is 19.3 Å². The van der Waals surface area contributed by atoms with Crippen molar-refractivity contribution in [1.82, 2.24) is 0 Å². The predicted molar refractivity (Wildman–Crippen MR) is 144 cm³/mol. The van der Waals surface area contributed by atoms with Crippen molar-refractivity contribution in [3.8, 4) is 0 Å². The van der Waals surface area contributed by atoms with Gasteiger partial charge in [0.25, 0.3) is 10.1 Å². The average Bonchev–Trinajstić information content (AvgIpc) is 2.74. The lowest BCUT2D eigenvalue weighted by Crippen LogP contribution is -2.07. The Morgan fingerprint density at radius 2 is 0.938 bits per heavy atom. The molecule has 3 nitrogen and oxygen atoms in total. The van der Waals surface area contributed by atoms with Gasteiger partial charge in [0, 0.05) is 8.95 Å². The molecule has 1 rings (SSSR count). The van der Waals surface area contributed by atoms with E-state index in [1.807, 2.05) is 0 Å². The number of unbranched alkanes of at least 4 members (excludes halogenated alkanes) is 17. The van der Waals surface area contributed by atoms with Crippen molar-refractivity contribution in [2.75, 3.05) is 6.61 Å². The molecule has 0 unspecified atom stereocenters. The quantitative estimate of drug-likeness (QED) is 0.105. The molecule has 0 N–H and O–H groups in total. The van der Waals surface area contributed by atoms with E-state index in [-0.39, 0.29) is 11.5 Å². The molecule has 0 radical (unpaired) electrons. The molecule has 0 spiro atoms.